The Morgan fingerprint density at radius 2 is 2.00 bits per heavy atom. The molecule has 0 aromatic heterocycles. The third-order valence-electron chi connectivity index (χ3n) is 3.27. The zero-order valence-electron chi connectivity index (χ0n) is 9.40. The predicted octanol–water partition coefficient (Wildman–Crippen LogP) is 3.50. The summed E-state index contributed by atoms with van der Waals surface area (Å²) in [5.74, 6) is -1.09. The standard InChI is InChI=1S/C11H20F3N/c1-3-8(2)15-10-6-4-5-9(7-10)11(12,13)14/h8-10,15H,3-7H2,1-2H3. The van der Waals surface area contributed by atoms with Gasteiger partial charge in [-0.1, -0.05) is 13.3 Å². The van der Waals surface area contributed by atoms with E-state index in [2.05, 4.69) is 5.32 Å². The molecule has 15 heavy (non-hydrogen) atoms. The lowest BCUT2D eigenvalue weighted by molar-refractivity contribution is -0.183. The molecule has 3 atom stereocenters. The van der Waals surface area contributed by atoms with E-state index in [0.29, 0.717) is 18.9 Å². The topological polar surface area (TPSA) is 12.0 Å². The lowest BCUT2D eigenvalue weighted by Gasteiger charge is -2.32. The summed E-state index contributed by atoms with van der Waals surface area (Å²) >= 11 is 0. The third-order valence-corrected chi connectivity index (χ3v) is 3.27. The van der Waals surface area contributed by atoms with Gasteiger partial charge in [0.05, 0.1) is 5.92 Å². The number of alkyl halides is 3. The molecule has 3 unspecified atom stereocenters. The van der Waals surface area contributed by atoms with E-state index in [4.69, 9.17) is 0 Å². The molecule has 4 heteroatoms. The highest BCUT2D eigenvalue weighted by Gasteiger charge is 2.42. The minimum Gasteiger partial charge on any atom is -0.312 e. The zero-order valence-corrected chi connectivity index (χ0v) is 9.40. The van der Waals surface area contributed by atoms with Crippen molar-refractivity contribution in [2.24, 2.45) is 5.92 Å². The molecule has 1 fully saturated rings. The molecule has 1 rings (SSSR count). The molecule has 1 nitrogen and oxygen atoms in total. The molecule has 1 aliphatic carbocycles. The van der Waals surface area contributed by atoms with Gasteiger partial charge in [-0.05, 0) is 32.6 Å². The smallest absolute Gasteiger partial charge is 0.312 e. The molecule has 0 radical (unpaired) electrons. The van der Waals surface area contributed by atoms with Crippen molar-refractivity contribution in [2.45, 2.75) is 64.2 Å². The molecular formula is C11H20F3N. The predicted molar refractivity (Wildman–Crippen MR) is 54.7 cm³/mol. The van der Waals surface area contributed by atoms with E-state index in [1.165, 1.54) is 0 Å². The molecule has 0 heterocycles. The fraction of sp³-hybridized carbons (Fsp3) is 1.00. The monoisotopic (exact) mass is 223 g/mol. The summed E-state index contributed by atoms with van der Waals surface area (Å²) in [6.45, 7) is 4.07. The molecule has 0 aromatic rings. The summed E-state index contributed by atoms with van der Waals surface area (Å²) in [6, 6.07) is 0.377. The highest BCUT2D eigenvalue weighted by atomic mass is 19.4. The van der Waals surface area contributed by atoms with Gasteiger partial charge in [0.1, 0.15) is 0 Å². The van der Waals surface area contributed by atoms with E-state index >= 15 is 0 Å². The summed E-state index contributed by atoms with van der Waals surface area (Å²) in [7, 11) is 0. The number of hydrogen-bond donors (Lipinski definition) is 1. The maximum Gasteiger partial charge on any atom is 0.391 e. The Hall–Kier alpha value is -0.250. The van der Waals surface area contributed by atoms with Gasteiger partial charge >= 0.3 is 6.18 Å². The van der Waals surface area contributed by atoms with Crippen LogP contribution in [0.15, 0.2) is 0 Å². The third kappa shape index (κ3) is 4.01. The van der Waals surface area contributed by atoms with Crippen molar-refractivity contribution in [1.29, 1.82) is 0 Å². The van der Waals surface area contributed by atoms with Gasteiger partial charge in [0.25, 0.3) is 0 Å². The van der Waals surface area contributed by atoms with Gasteiger partial charge in [-0.15, -0.1) is 0 Å². The molecule has 0 spiro atoms. The average molecular weight is 223 g/mol. The van der Waals surface area contributed by atoms with Crippen LogP contribution in [-0.2, 0) is 0 Å². The summed E-state index contributed by atoms with van der Waals surface area (Å²) in [5.41, 5.74) is 0. The number of hydrogen-bond acceptors (Lipinski definition) is 1. The molecule has 1 saturated carbocycles. The first-order valence-electron chi connectivity index (χ1n) is 5.76. The van der Waals surface area contributed by atoms with Gasteiger partial charge in [0.2, 0.25) is 0 Å². The Morgan fingerprint density at radius 1 is 1.33 bits per heavy atom. The Kier molecular flexibility index (Phi) is 4.44. The Labute approximate surface area is 89.4 Å². The highest BCUT2D eigenvalue weighted by molar-refractivity contribution is 4.82. The van der Waals surface area contributed by atoms with Crippen molar-refractivity contribution in [2.75, 3.05) is 0 Å². The first-order valence-corrected chi connectivity index (χ1v) is 5.76. The first kappa shape index (κ1) is 12.8. The normalized spacial score (nSPS) is 30.2. The minimum atomic E-state index is -4.00. The molecule has 0 aromatic carbocycles. The lowest BCUT2D eigenvalue weighted by atomic mass is 9.85. The Morgan fingerprint density at radius 3 is 2.53 bits per heavy atom. The zero-order chi connectivity index (χ0) is 11.5. The van der Waals surface area contributed by atoms with Gasteiger partial charge in [-0.3, -0.25) is 0 Å². The molecule has 1 aliphatic rings. The molecule has 0 saturated heterocycles. The fourth-order valence-corrected chi connectivity index (χ4v) is 2.16. The quantitative estimate of drug-likeness (QED) is 0.772. The van der Waals surface area contributed by atoms with Crippen LogP contribution in [0.25, 0.3) is 0 Å². The summed E-state index contributed by atoms with van der Waals surface area (Å²) in [6.07, 6.45) is -0.895. The van der Waals surface area contributed by atoms with Crippen LogP contribution in [0.1, 0.15) is 46.0 Å². The van der Waals surface area contributed by atoms with Crippen LogP contribution in [0.2, 0.25) is 0 Å². The summed E-state index contributed by atoms with van der Waals surface area (Å²) < 4.78 is 37.5. The van der Waals surface area contributed by atoms with Crippen LogP contribution in [0.4, 0.5) is 13.2 Å². The van der Waals surface area contributed by atoms with Gasteiger partial charge < -0.3 is 5.32 Å². The van der Waals surface area contributed by atoms with Crippen LogP contribution in [-0.4, -0.2) is 18.3 Å². The van der Waals surface area contributed by atoms with E-state index in [1.54, 1.807) is 0 Å². The van der Waals surface area contributed by atoms with Crippen LogP contribution < -0.4 is 5.32 Å². The fourth-order valence-electron chi connectivity index (χ4n) is 2.16. The van der Waals surface area contributed by atoms with Crippen molar-refractivity contribution in [1.82, 2.24) is 5.32 Å². The van der Waals surface area contributed by atoms with Crippen molar-refractivity contribution in [3.8, 4) is 0 Å². The van der Waals surface area contributed by atoms with Gasteiger partial charge in [0, 0.05) is 12.1 Å². The van der Waals surface area contributed by atoms with Crippen LogP contribution in [0.3, 0.4) is 0 Å². The molecule has 0 amide bonds. The Balaban J connectivity index is 2.42. The molecular weight excluding hydrogens is 203 g/mol. The summed E-state index contributed by atoms with van der Waals surface area (Å²) in [4.78, 5) is 0. The number of rotatable bonds is 3. The van der Waals surface area contributed by atoms with Crippen LogP contribution >= 0.6 is 0 Å². The number of halogens is 3. The van der Waals surface area contributed by atoms with Gasteiger partial charge in [-0.2, -0.15) is 13.2 Å². The Bertz CT molecular complexity index is 191. The first-order chi connectivity index (χ1) is 6.93. The van der Waals surface area contributed by atoms with Crippen LogP contribution in [0.5, 0.6) is 0 Å². The molecule has 90 valence electrons. The van der Waals surface area contributed by atoms with Crippen molar-refractivity contribution >= 4 is 0 Å². The minimum absolute atomic E-state index is 0.0559. The van der Waals surface area contributed by atoms with Gasteiger partial charge in [0.15, 0.2) is 0 Å². The number of nitrogens with one attached hydrogen (secondary N) is 1. The van der Waals surface area contributed by atoms with Crippen LogP contribution in [0, 0.1) is 5.92 Å². The molecule has 1 N–H and O–H groups in total. The van der Waals surface area contributed by atoms with Gasteiger partial charge in [-0.25, -0.2) is 0 Å². The maximum absolute atomic E-state index is 12.5. The maximum atomic E-state index is 12.5. The second-order valence-electron chi connectivity index (χ2n) is 4.58. The van der Waals surface area contributed by atoms with Crippen molar-refractivity contribution in [3.63, 3.8) is 0 Å². The average Bonchev–Trinajstić information content (AvgIpc) is 2.17. The second kappa shape index (κ2) is 5.19. The van der Waals surface area contributed by atoms with E-state index in [1.807, 2.05) is 13.8 Å². The largest absolute Gasteiger partial charge is 0.391 e. The van der Waals surface area contributed by atoms with E-state index in [-0.39, 0.29) is 12.5 Å². The second-order valence-corrected chi connectivity index (χ2v) is 4.58. The van der Waals surface area contributed by atoms with E-state index in [0.717, 1.165) is 12.8 Å². The SMILES string of the molecule is CCC(C)NC1CCCC(C(F)(F)F)C1. The van der Waals surface area contributed by atoms with Crippen molar-refractivity contribution in [3.05, 3.63) is 0 Å². The summed E-state index contributed by atoms with van der Waals surface area (Å²) in [5, 5.41) is 3.27. The van der Waals surface area contributed by atoms with Crippen molar-refractivity contribution < 1.29 is 13.2 Å². The molecule has 0 aliphatic heterocycles. The van der Waals surface area contributed by atoms with E-state index < -0.39 is 12.1 Å². The highest BCUT2D eigenvalue weighted by Crippen LogP contribution is 2.37. The lowest BCUT2D eigenvalue weighted by Crippen LogP contribution is -2.42. The van der Waals surface area contributed by atoms with E-state index in [9.17, 15) is 13.2 Å². The molecule has 0 bridgehead atoms.